The third-order valence-corrected chi connectivity index (χ3v) is 3.66. The van der Waals surface area contributed by atoms with Gasteiger partial charge in [0, 0.05) is 24.3 Å². The van der Waals surface area contributed by atoms with Crippen molar-refractivity contribution in [3.05, 3.63) is 16.1 Å². The standard InChI is InChI=1S/C12H19F3N2OS/c1-8(2)9(5-16)10-6-19-11(17-10)3-4-18-7-12(13,14)15/h6,8-9H,3-5,7,16H2,1-2H3. The van der Waals surface area contributed by atoms with Gasteiger partial charge in [-0.15, -0.1) is 11.3 Å². The Morgan fingerprint density at radius 1 is 1.42 bits per heavy atom. The van der Waals surface area contributed by atoms with Gasteiger partial charge in [0.05, 0.1) is 17.3 Å². The highest BCUT2D eigenvalue weighted by Crippen LogP contribution is 2.25. The van der Waals surface area contributed by atoms with Crippen LogP contribution in [0.2, 0.25) is 0 Å². The van der Waals surface area contributed by atoms with Crippen LogP contribution >= 0.6 is 11.3 Å². The second-order valence-electron chi connectivity index (χ2n) is 4.67. The molecule has 7 heteroatoms. The van der Waals surface area contributed by atoms with Gasteiger partial charge in [0.15, 0.2) is 0 Å². The van der Waals surface area contributed by atoms with Crippen LogP contribution in [0.15, 0.2) is 5.38 Å². The van der Waals surface area contributed by atoms with Crippen molar-refractivity contribution in [2.45, 2.75) is 32.4 Å². The summed E-state index contributed by atoms with van der Waals surface area (Å²) >= 11 is 1.44. The molecule has 19 heavy (non-hydrogen) atoms. The first-order valence-electron chi connectivity index (χ1n) is 6.12. The minimum atomic E-state index is -4.27. The Labute approximate surface area is 115 Å². The van der Waals surface area contributed by atoms with Crippen LogP contribution in [0, 0.1) is 5.92 Å². The molecular weight excluding hydrogens is 277 g/mol. The van der Waals surface area contributed by atoms with E-state index in [0.717, 1.165) is 10.7 Å². The highest BCUT2D eigenvalue weighted by molar-refractivity contribution is 7.09. The molecule has 1 atom stereocenters. The zero-order chi connectivity index (χ0) is 14.5. The summed E-state index contributed by atoms with van der Waals surface area (Å²) in [6.45, 7) is 3.49. The molecule has 1 rings (SSSR count). The van der Waals surface area contributed by atoms with Gasteiger partial charge in [-0.25, -0.2) is 4.98 Å². The summed E-state index contributed by atoms with van der Waals surface area (Å²) in [6, 6.07) is 0. The molecule has 1 heterocycles. The van der Waals surface area contributed by atoms with Crippen molar-refractivity contribution in [1.29, 1.82) is 0 Å². The number of alkyl halides is 3. The minimum Gasteiger partial charge on any atom is -0.372 e. The fourth-order valence-electron chi connectivity index (χ4n) is 1.69. The zero-order valence-corrected chi connectivity index (χ0v) is 11.9. The zero-order valence-electron chi connectivity index (χ0n) is 11.0. The van der Waals surface area contributed by atoms with Crippen LogP contribution in [0.4, 0.5) is 13.2 Å². The largest absolute Gasteiger partial charge is 0.411 e. The van der Waals surface area contributed by atoms with Crippen molar-refractivity contribution in [3.63, 3.8) is 0 Å². The number of rotatable bonds is 7. The van der Waals surface area contributed by atoms with Crippen molar-refractivity contribution in [2.75, 3.05) is 19.8 Å². The fourth-order valence-corrected chi connectivity index (χ4v) is 2.54. The smallest absolute Gasteiger partial charge is 0.372 e. The molecule has 1 aromatic heterocycles. The van der Waals surface area contributed by atoms with E-state index in [9.17, 15) is 13.2 Å². The summed E-state index contributed by atoms with van der Waals surface area (Å²) < 4.78 is 40.2. The molecule has 3 nitrogen and oxygen atoms in total. The van der Waals surface area contributed by atoms with Gasteiger partial charge in [-0.2, -0.15) is 13.2 Å². The van der Waals surface area contributed by atoms with Crippen molar-refractivity contribution >= 4 is 11.3 Å². The second kappa shape index (κ2) is 7.21. The maximum absolute atomic E-state index is 11.9. The first-order valence-corrected chi connectivity index (χ1v) is 7.00. The molecule has 0 spiro atoms. The normalized spacial score (nSPS) is 14.1. The van der Waals surface area contributed by atoms with Crippen molar-refractivity contribution in [2.24, 2.45) is 11.7 Å². The molecule has 0 saturated carbocycles. The highest BCUT2D eigenvalue weighted by atomic mass is 32.1. The van der Waals surface area contributed by atoms with E-state index in [4.69, 9.17) is 5.73 Å². The summed E-state index contributed by atoms with van der Waals surface area (Å²) in [5, 5.41) is 2.72. The lowest BCUT2D eigenvalue weighted by Gasteiger charge is -2.15. The fraction of sp³-hybridized carbons (Fsp3) is 0.750. The molecule has 0 saturated heterocycles. The molecule has 2 N–H and O–H groups in total. The van der Waals surface area contributed by atoms with E-state index >= 15 is 0 Å². The molecule has 110 valence electrons. The Hall–Kier alpha value is -0.660. The van der Waals surface area contributed by atoms with Crippen molar-refractivity contribution in [3.8, 4) is 0 Å². The molecule has 0 aromatic carbocycles. The Morgan fingerprint density at radius 2 is 2.11 bits per heavy atom. The Bertz CT molecular complexity index is 379. The number of nitrogens with zero attached hydrogens (tertiary/aromatic N) is 1. The van der Waals surface area contributed by atoms with Gasteiger partial charge in [0.1, 0.15) is 6.61 Å². The molecule has 1 aromatic rings. The Balaban J connectivity index is 2.43. The van der Waals surface area contributed by atoms with E-state index in [0.29, 0.717) is 18.9 Å². The molecule has 0 aliphatic heterocycles. The van der Waals surface area contributed by atoms with Gasteiger partial charge in [-0.1, -0.05) is 13.8 Å². The highest BCUT2D eigenvalue weighted by Gasteiger charge is 2.27. The van der Waals surface area contributed by atoms with Crippen molar-refractivity contribution in [1.82, 2.24) is 4.98 Å². The average molecular weight is 296 g/mol. The summed E-state index contributed by atoms with van der Waals surface area (Å²) in [6.07, 6.45) is -3.87. The first kappa shape index (κ1) is 16.4. The van der Waals surface area contributed by atoms with Crippen LogP contribution in [-0.2, 0) is 11.2 Å². The molecule has 1 unspecified atom stereocenters. The van der Waals surface area contributed by atoms with E-state index in [-0.39, 0.29) is 12.5 Å². The van der Waals surface area contributed by atoms with E-state index in [1.54, 1.807) is 0 Å². The van der Waals surface area contributed by atoms with Crippen LogP contribution < -0.4 is 5.73 Å². The molecule has 0 aliphatic carbocycles. The summed E-state index contributed by atoms with van der Waals surface area (Å²) in [4.78, 5) is 4.41. The molecular formula is C12H19F3N2OS. The van der Waals surface area contributed by atoms with Gasteiger partial charge >= 0.3 is 6.18 Å². The second-order valence-corrected chi connectivity index (χ2v) is 5.61. The van der Waals surface area contributed by atoms with Crippen LogP contribution in [0.5, 0.6) is 0 Å². The quantitative estimate of drug-likeness (QED) is 0.787. The summed E-state index contributed by atoms with van der Waals surface area (Å²) in [5.41, 5.74) is 6.62. The summed E-state index contributed by atoms with van der Waals surface area (Å²) in [7, 11) is 0. The summed E-state index contributed by atoms with van der Waals surface area (Å²) in [5.74, 6) is 0.586. The predicted octanol–water partition coefficient (Wildman–Crippen LogP) is 2.96. The van der Waals surface area contributed by atoms with E-state index in [2.05, 4.69) is 23.6 Å². The van der Waals surface area contributed by atoms with E-state index in [1.165, 1.54) is 11.3 Å². The van der Waals surface area contributed by atoms with E-state index < -0.39 is 12.8 Å². The number of hydrogen-bond acceptors (Lipinski definition) is 4. The van der Waals surface area contributed by atoms with Crippen LogP contribution in [-0.4, -0.2) is 30.9 Å². The van der Waals surface area contributed by atoms with Crippen LogP contribution in [0.1, 0.15) is 30.5 Å². The first-order chi connectivity index (χ1) is 8.83. The third kappa shape index (κ3) is 5.88. The number of aromatic nitrogens is 1. The molecule has 0 aliphatic rings. The number of halogens is 3. The van der Waals surface area contributed by atoms with E-state index in [1.807, 2.05) is 5.38 Å². The number of ether oxygens (including phenoxy) is 1. The third-order valence-electron chi connectivity index (χ3n) is 2.73. The average Bonchev–Trinajstić information content (AvgIpc) is 2.72. The lowest BCUT2D eigenvalue weighted by molar-refractivity contribution is -0.173. The van der Waals surface area contributed by atoms with Crippen molar-refractivity contribution < 1.29 is 17.9 Å². The molecule has 0 radical (unpaired) electrons. The lowest BCUT2D eigenvalue weighted by atomic mass is 9.93. The Morgan fingerprint density at radius 3 is 2.63 bits per heavy atom. The topological polar surface area (TPSA) is 48.1 Å². The monoisotopic (exact) mass is 296 g/mol. The number of nitrogens with two attached hydrogens (primary N) is 1. The van der Waals surface area contributed by atoms with Crippen LogP contribution in [0.25, 0.3) is 0 Å². The van der Waals surface area contributed by atoms with Gasteiger partial charge in [0.25, 0.3) is 0 Å². The SMILES string of the molecule is CC(C)C(CN)c1csc(CCOCC(F)(F)F)n1. The van der Waals surface area contributed by atoms with Gasteiger partial charge in [0.2, 0.25) is 0 Å². The molecule has 0 fully saturated rings. The van der Waals surface area contributed by atoms with Gasteiger partial charge in [-0.3, -0.25) is 0 Å². The van der Waals surface area contributed by atoms with Crippen LogP contribution in [0.3, 0.4) is 0 Å². The molecule has 0 bridgehead atoms. The number of thiazole rings is 1. The van der Waals surface area contributed by atoms with Gasteiger partial charge < -0.3 is 10.5 Å². The maximum Gasteiger partial charge on any atom is 0.411 e. The van der Waals surface area contributed by atoms with Gasteiger partial charge in [-0.05, 0) is 5.92 Å². The maximum atomic E-state index is 11.9. The minimum absolute atomic E-state index is 0.0292. The molecule has 0 amide bonds. The lowest BCUT2D eigenvalue weighted by Crippen LogP contribution is -2.18. The Kier molecular flexibility index (Phi) is 6.22. The predicted molar refractivity (Wildman–Crippen MR) is 69.3 cm³/mol. The number of hydrogen-bond donors (Lipinski definition) is 1.